The number of nitrogens with zero attached hydrogens (tertiary/aromatic N) is 1. The van der Waals surface area contributed by atoms with Crippen LogP contribution >= 0.6 is 11.6 Å². The molecule has 2 rings (SSSR count). The van der Waals surface area contributed by atoms with Crippen molar-refractivity contribution in [1.29, 1.82) is 0 Å². The van der Waals surface area contributed by atoms with Gasteiger partial charge in [-0.2, -0.15) is 0 Å². The van der Waals surface area contributed by atoms with Gasteiger partial charge in [0.25, 0.3) is 11.6 Å². The number of carbonyl (C=O) groups is 2. The van der Waals surface area contributed by atoms with Crippen LogP contribution in [0.2, 0.25) is 5.02 Å². The second-order valence-corrected chi connectivity index (χ2v) is 5.79. The first-order valence-electron chi connectivity index (χ1n) is 8.01. The minimum absolute atomic E-state index is 0.00207. The molecule has 0 aliphatic heterocycles. The third kappa shape index (κ3) is 5.18. The van der Waals surface area contributed by atoms with E-state index in [4.69, 9.17) is 21.1 Å². The van der Waals surface area contributed by atoms with Gasteiger partial charge in [0.05, 0.1) is 22.2 Å². The first-order chi connectivity index (χ1) is 12.8. The highest BCUT2D eigenvalue weighted by Crippen LogP contribution is 2.27. The van der Waals surface area contributed by atoms with Gasteiger partial charge in [0.2, 0.25) is 0 Å². The smallest absolute Gasteiger partial charge is 0.342 e. The highest BCUT2D eigenvalue weighted by Gasteiger charge is 2.22. The predicted molar refractivity (Wildman–Crippen MR) is 99.2 cm³/mol. The summed E-state index contributed by atoms with van der Waals surface area (Å²) in [5, 5.41) is 13.2. The Morgan fingerprint density at radius 3 is 2.59 bits per heavy atom. The molecule has 1 atom stereocenters. The van der Waals surface area contributed by atoms with Crippen molar-refractivity contribution in [3.05, 3.63) is 63.2 Å². The number of nitrogens with one attached hydrogen (secondary N) is 1. The standard InChI is InChI=1S/C18H17ClN2O6/c1-3-26-16-7-5-4-6-13(16)18(23)27-11(2)17(22)20-15-9-8-12(21(24)25)10-14(15)19/h4-11H,3H2,1-2H3,(H,20,22). The molecule has 0 bridgehead atoms. The van der Waals surface area contributed by atoms with Crippen LogP contribution in [0.25, 0.3) is 0 Å². The zero-order valence-electron chi connectivity index (χ0n) is 14.6. The number of carbonyl (C=O) groups excluding carboxylic acids is 2. The highest BCUT2D eigenvalue weighted by atomic mass is 35.5. The lowest BCUT2D eigenvalue weighted by atomic mass is 10.2. The van der Waals surface area contributed by atoms with Crippen molar-refractivity contribution >= 4 is 34.9 Å². The minimum atomic E-state index is -1.13. The number of amides is 1. The van der Waals surface area contributed by atoms with Crippen molar-refractivity contribution in [3.63, 3.8) is 0 Å². The number of nitro groups is 1. The summed E-state index contributed by atoms with van der Waals surface area (Å²) in [6.45, 7) is 3.56. The Hall–Kier alpha value is -3.13. The molecule has 1 N–H and O–H groups in total. The molecule has 142 valence electrons. The Bertz CT molecular complexity index is 871. The van der Waals surface area contributed by atoms with E-state index < -0.39 is 22.9 Å². The number of hydrogen-bond acceptors (Lipinski definition) is 6. The Balaban J connectivity index is 2.06. The molecule has 8 nitrogen and oxygen atoms in total. The number of hydrogen-bond donors (Lipinski definition) is 1. The Morgan fingerprint density at radius 2 is 1.96 bits per heavy atom. The van der Waals surface area contributed by atoms with Crippen molar-refractivity contribution in [2.75, 3.05) is 11.9 Å². The van der Waals surface area contributed by atoms with Crippen LogP contribution in [-0.2, 0) is 9.53 Å². The van der Waals surface area contributed by atoms with Crippen molar-refractivity contribution in [3.8, 4) is 5.75 Å². The van der Waals surface area contributed by atoms with E-state index in [9.17, 15) is 19.7 Å². The largest absolute Gasteiger partial charge is 0.493 e. The molecule has 1 unspecified atom stereocenters. The molecule has 0 spiro atoms. The van der Waals surface area contributed by atoms with Crippen LogP contribution in [0.1, 0.15) is 24.2 Å². The molecule has 0 aliphatic rings. The van der Waals surface area contributed by atoms with E-state index in [0.29, 0.717) is 12.4 Å². The lowest BCUT2D eigenvalue weighted by molar-refractivity contribution is -0.384. The molecule has 0 fully saturated rings. The van der Waals surface area contributed by atoms with Crippen molar-refractivity contribution < 1.29 is 24.0 Å². The summed E-state index contributed by atoms with van der Waals surface area (Å²) in [5.74, 6) is -0.986. The normalized spacial score (nSPS) is 11.4. The summed E-state index contributed by atoms with van der Waals surface area (Å²) in [5.41, 5.74) is 0.169. The monoisotopic (exact) mass is 392 g/mol. The maximum atomic E-state index is 12.3. The van der Waals surface area contributed by atoms with Crippen molar-refractivity contribution in [2.24, 2.45) is 0 Å². The first-order valence-corrected chi connectivity index (χ1v) is 8.39. The van der Waals surface area contributed by atoms with Gasteiger partial charge in [-0.25, -0.2) is 4.79 Å². The van der Waals surface area contributed by atoms with Gasteiger partial charge in [-0.3, -0.25) is 14.9 Å². The van der Waals surface area contributed by atoms with E-state index in [-0.39, 0.29) is 22.0 Å². The quantitative estimate of drug-likeness (QED) is 0.436. The fourth-order valence-corrected chi connectivity index (χ4v) is 2.37. The van der Waals surface area contributed by atoms with Gasteiger partial charge in [0.15, 0.2) is 6.10 Å². The van der Waals surface area contributed by atoms with Crippen molar-refractivity contribution in [2.45, 2.75) is 20.0 Å². The van der Waals surface area contributed by atoms with Crippen LogP contribution in [0.15, 0.2) is 42.5 Å². The second kappa shape index (κ2) is 9.00. The number of non-ortho nitro benzene ring substituents is 1. The van der Waals surface area contributed by atoms with Gasteiger partial charge in [-0.15, -0.1) is 0 Å². The Kier molecular flexibility index (Phi) is 6.73. The average molecular weight is 393 g/mol. The second-order valence-electron chi connectivity index (χ2n) is 5.39. The van der Waals surface area contributed by atoms with E-state index >= 15 is 0 Å². The van der Waals surface area contributed by atoms with Crippen molar-refractivity contribution in [1.82, 2.24) is 0 Å². The zero-order valence-corrected chi connectivity index (χ0v) is 15.4. The average Bonchev–Trinajstić information content (AvgIpc) is 2.63. The Labute approximate surface area is 160 Å². The summed E-state index contributed by atoms with van der Waals surface area (Å²) in [4.78, 5) is 34.7. The van der Waals surface area contributed by atoms with E-state index in [1.807, 2.05) is 0 Å². The molecular weight excluding hydrogens is 376 g/mol. The fraction of sp³-hybridized carbons (Fsp3) is 0.222. The highest BCUT2D eigenvalue weighted by molar-refractivity contribution is 6.34. The third-order valence-electron chi connectivity index (χ3n) is 3.48. The SMILES string of the molecule is CCOc1ccccc1C(=O)OC(C)C(=O)Nc1ccc([N+](=O)[O-])cc1Cl. The van der Waals surface area contributed by atoms with E-state index in [2.05, 4.69) is 5.32 Å². The summed E-state index contributed by atoms with van der Waals surface area (Å²) in [6, 6.07) is 10.2. The molecule has 2 aromatic carbocycles. The van der Waals surface area contributed by atoms with E-state index in [1.54, 1.807) is 25.1 Å². The van der Waals surface area contributed by atoms with Gasteiger partial charge in [-0.05, 0) is 32.0 Å². The topological polar surface area (TPSA) is 108 Å². The maximum Gasteiger partial charge on any atom is 0.342 e. The zero-order chi connectivity index (χ0) is 20.0. The van der Waals surface area contributed by atoms with Crippen LogP contribution in [0.5, 0.6) is 5.75 Å². The van der Waals surface area contributed by atoms with Crippen LogP contribution in [-0.4, -0.2) is 29.5 Å². The molecule has 2 aromatic rings. The molecule has 0 radical (unpaired) electrons. The lowest BCUT2D eigenvalue weighted by Crippen LogP contribution is -2.30. The summed E-state index contributed by atoms with van der Waals surface area (Å²) in [6.07, 6.45) is -1.13. The molecule has 1 amide bonds. The van der Waals surface area contributed by atoms with Crippen LogP contribution in [0, 0.1) is 10.1 Å². The molecule has 27 heavy (non-hydrogen) atoms. The van der Waals surface area contributed by atoms with Gasteiger partial charge >= 0.3 is 5.97 Å². The van der Waals surface area contributed by atoms with Gasteiger partial charge in [0.1, 0.15) is 11.3 Å². The molecule has 9 heteroatoms. The van der Waals surface area contributed by atoms with E-state index in [1.165, 1.54) is 25.1 Å². The molecule has 0 aromatic heterocycles. The van der Waals surface area contributed by atoms with Gasteiger partial charge in [-0.1, -0.05) is 23.7 Å². The number of halogens is 1. The van der Waals surface area contributed by atoms with E-state index in [0.717, 1.165) is 6.07 Å². The first kappa shape index (κ1) is 20.2. The summed E-state index contributed by atoms with van der Waals surface area (Å²) in [7, 11) is 0. The summed E-state index contributed by atoms with van der Waals surface area (Å²) >= 11 is 5.94. The minimum Gasteiger partial charge on any atom is -0.493 e. The molecule has 0 saturated carbocycles. The number of esters is 1. The number of para-hydroxylation sites is 1. The number of rotatable bonds is 7. The van der Waals surface area contributed by atoms with Crippen LogP contribution < -0.4 is 10.1 Å². The Morgan fingerprint density at radius 1 is 1.26 bits per heavy atom. The van der Waals surface area contributed by atoms with Crippen LogP contribution in [0.3, 0.4) is 0 Å². The molecule has 0 saturated heterocycles. The number of nitro benzene ring substituents is 1. The maximum absolute atomic E-state index is 12.3. The van der Waals surface area contributed by atoms with Gasteiger partial charge in [0, 0.05) is 12.1 Å². The fourth-order valence-electron chi connectivity index (χ4n) is 2.15. The predicted octanol–water partition coefficient (Wildman–Crippen LogP) is 3.83. The number of ether oxygens (including phenoxy) is 2. The molecule has 0 aliphatic carbocycles. The van der Waals surface area contributed by atoms with Crippen LogP contribution in [0.4, 0.5) is 11.4 Å². The molecule has 0 heterocycles. The number of anilines is 1. The number of benzene rings is 2. The lowest BCUT2D eigenvalue weighted by Gasteiger charge is -2.15. The summed E-state index contributed by atoms with van der Waals surface area (Å²) < 4.78 is 10.5. The third-order valence-corrected chi connectivity index (χ3v) is 3.79. The van der Waals surface area contributed by atoms with Gasteiger partial charge < -0.3 is 14.8 Å². The molecular formula is C18H17ClN2O6.